The van der Waals surface area contributed by atoms with E-state index >= 15 is 0 Å². The molecule has 5 heteroatoms. The molecule has 6 rings (SSSR count). The number of aliphatic hydroxyl groups excluding tert-OH is 2. The Hall–Kier alpha value is -0.490. The van der Waals surface area contributed by atoms with Gasteiger partial charge in [0.25, 0.3) is 0 Å². The van der Waals surface area contributed by atoms with E-state index in [1.54, 1.807) is 0 Å². The van der Waals surface area contributed by atoms with Crippen LogP contribution in [-0.2, 0) is 14.3 Å². The molecule has 2 heterocycles. The Morgan fingerprint density at radius 2 is 1.78 bits per heavy atom. The second-order valence-electron chi connectivity index (χ2n) is 13.1. The van der Waals surface area contributed by atoms with Crippen molar-refractivity contribution in [1.29, 1.82) is 0 Å². The lowest BCUT2D eigenvalue weighted by molar-refractivity contribution is -0.273. The predicted octanol–water partition coefficient (Wildman–Crippen LogP) is 3.94. The lowest BCUT2D eigenvalue weighted by atomic mass is 9.43. The van der Waals surface area contributed by atoms with E-state index < -0.39 is 17.3 Å². The summed E-state index contributed by atoms with van der Waals surface area (Å²) in [5, 5.41) is 22.0. The van der Waals surface area contributed by atoms with E-state index in [9.17, 15) is 15.0 Å². The molecule has 7 unspecified atom stereocenters. The van der Waals surface area contributed by atoms with Crippen molar-refractivity contribution in [2.75, 3.05) is 6.61 Å². The fraction of sp³-hybridized carbons (Fsp3) is 0.963. The molecule has 0 aromatic heterocycles. The van der Waals surface area contributed by atoms with Crippen molar-refractivity contribution in [3.8, 4) is 0 Å². The molecule has 0 aromatic rings. The summed E-state index contributed by atoms with van der Waals surface area (Å²) in [6.45, 7) is 9.70. The van der Waals surface area contributed by atoms with Crippen molar-refractivity contribution in [3.05, 3.63) is 0 Å². The SMILES string of the molecule is CC1CCC2(OC1)O[C@H]1CC3C4CC[C@H]5C[C@@H](O)CC[C@]5(C)C4C(=O)[C@@H](O)[C@]3(C)C1C2C. The van der Waals surface area contributed by atoms with Gasteiger partial charge in [0.2, 0.25) is 0 Å². The van der Waals surface area contributed by atoms with Crippen LogP contribution in [0.25, 0.3) is 0 Å². The third kappa shape index (κ3) is 2.63. The average Bonchev–Trinajstić information content (AvgIpc) is 3.20. The molecule has 180 valence electrons. The Morgan fingerprint density at radius 1 is 1.00 bits per heavy atom. The maximum atomic E-state index is 14.0. The zero-order valence-corrected chi connectivity index (χ0v) is 20.3. The molecule has 4 aliphatic carbocycles. The average molecular weight is 447 g/mol. The fourth-order valence-corrected chi connectivity index (χ4v) is 10.0. The first-order chi connectivity index (χ1) is 15.1. The first-order valence-electron chi connectivity index (χ1n) is 13.3. The van der Waals surface area contributed by atoms with Crippen LogP contribution in [0.15, 0.2) is 0 Å². The number of hydrogen-bond donors (Lipinski definition) is 2. The standard InChI is InChI=1S/C27H42O5/c1-14-7-10-27(31-13-14)15(2)21-20(32-27)12-19-18-6-5-16-11-17(28)8-9-25(16,3)22(18)23(29)24(30)26(19,21)4/h14-22,24,28,30H,5-13H2,1-4H3/t14?,15?,16-,17-,18?,19?,20-,21?,22?,24+,25-,26-,27?/m0/s1. The molecular weight excluding hydrogens is 404 g/mol. The topological polar surface area (TPSA) is 76.0 Å². The van der Waals surface area contributed by atoms with Crippen LogP contribution in [0.5, 0.6) is 0 Å². The zero-order valence-electron chi connectivity index (χ0n) is 20.3. The van der Waals surface area contributed by atoms with Crippen molar-refractivity contribution >= 4 is 5.78 Å². The normalized spacial score (nSPS) is 61.8. The molecular formula is C27H42O5. The highest BCUT2D eigenvalue weighted by Crippen LogP contribution is 2.70. The number of carbonyl (C=O) groups is 1. The second-order valence-corrected chi connectivity index (χ2v) is 13.1. The summed E-state index contributed by atoms with van der Waals surface area (Å²) < 4.78 is 13.1. The molecule has 4 saturated carbocycles. The summed E-state index contributed by atoms with van der Waals surface area (Å²) in [5.74, 6) is 1.45. The lowest BCUT2D eigenvalue weighted by Gasteiger charge is -2.61. The molecule has 0 radical (unpaired) electrons. The van der Waals surface area contributed by atoms with Crippen LogP contribution in [0.1, 0.15) is 79.1 Å². The highest BCUT2D eigenvalue weighted by molar-refractivity contribution is 5.88. The predicted molar refractivity (Wildman–Crippen MR) is 120 cm³/mol. The molecule has 0 amide bonds. The Kier molecular flexibility index (Phi) is 4.83. The van der Waals surface area contributed by atoms with E-state index in [4.69, 9.17) is 9.47 Å². The molecule has 5 nitrogen and oxygen atoms in total. The van der Waals surface area contributed by atoms with Crippen molar-refractivity contribution in [2.24, 2.45) is 52.3 Å². The summed E-state index contributed by atoms with van der Waals surface area (Å²) in [7, 11) is 0. The Labute approximate surface area is 192 Å². The van der Waals surface area contributed by atoms with Crippen LogP contribution >= 0.6 is 0 Å². The van der Waals surface area contributed by atoms with Crippen LogP contribution in [0, 0.1) is 52.3 Å². The van der Waals surface area contributed by atoms with Crippen molar-refractivity contribution < 1.29 is 24.5 Å². The van der Waals surface area contributed by atoms with Gasteiger partial charge in [-0.05, 0) is 74.0 Å². The molecule has 2 saturated heterocycles. The molecule has 2 aliphatic heterocycles. The van der Waals surface area contributed by atoms with Crippen LogP contribution in [0.3, 0.4) is 0 Å². The molecule has 32 heavy (non-hydrogen) atoms. The molecule has 0 bridgehead atoms. The van der Waals surface area contributed by atoms with Gasteiger partial charge in [-0.25, -0.2) is 0 Å². The van der Waals surface area contributed by atoms with Gasteiger partial charge in [0.05, 0.1) is 18.8 Å². The minimum atomic E-state index is -0.921. The number of carbonyl (C=O) groups excluding carboxylic acids is 1. The third-order valence-corrected chi connectivity index (χ3v) is 11.8. The van der Waals surface area contributed by atoms with Crippen molar-refractivity contribution in [3.63, 3.8) is 0 Å². The number of Topliss-reactive ketones (excluding diaryl/α,β-unsaturated/α-hetero) is 1. The van der Waals surface area contributed by atoms with Crippen molar-refractivity contribution in [1.82, 2.24) is 0 Å². The fourth-order valence-electron chi connectivity index (χ4n) is 10.0. The van der Waals surface area contributed by atoms with Crippen LogP contribution < -0.4 is 0 Å². The van der Waals surface area contributed by atoms with E-state index in [1.807, 2.05) is 0 Å². The van der Waals surface area contributed by atoms with Gasteiger partial charge < -0.3 is 19.7 Å². The number of ketones is 1. The summed E-state index contributed by atoms with van der Waals surface area (Å²) in [6.07, 6.45) is 6.54. The van der Waals surface area contributed by atoms with E-state index in [-0.39, 0.29) is 41.2 Å². The van der Waals surface area contributed by atoms with Gasteiger partial charge in [0, 0.05) is 29.6 Å². The quantitative estimate of drug-likeness (QED) is 0.589. The smallest absolute Gasteiger partial charge is 0.171 e. The number of hydrogen-bond acceptors (Lipinski definition) is 5. The minimum absolute atomic E-state index is 0.0725. The lowest BCUT2D eigenvalue weighted by Crippen LogP contribution is -2.64. The second kappa shape index (κ2) is 7.02. The van der Waals surface area contributed by atoms with Crippen molar-refractivity contribution in [2.45, 2.75) is 103 Å². The van der Waals surface area contributed by atoms with Crippen LogP contribution in [-0.4, -0.2) is 46.7 Å². The number of ether oxygens (including phenoxy) is 2. The van der Waals surface area contributed by atoms with Gasteiger partial charge in [0.15, 0.2) is 11.6 Å². The first-order valence-corrected chi connectivity index (χ1v) is 13.3. The Balaban J connectivity index is 1.34. The highest BCUT2D eigenvalue weighted by atomic mass is 16.7. The number of rotatable bonds is 0. The Morgan fingerprint density at radius 3 is 2.50 bits per heavy atom. The van der Waals surface area contributed by atoms with E-state index in [0.29, 0.717) is 23.7 Å². The molecule has 6 aliphatic rings. The van der Waals surface area contributed by atoms with Gasteiger partial charge in [-0.3, -0.25) is 4.79 Å². The molecule has 0 aromatic carbocycles. The van der Waals surface area contributed by atoms with Gasteiger partial charge >= 0.3 is 0 Å². The largest absolute Gasteiger partial charge is 0.393 e. The van der Waals surface area contributed by atoms with Crippen LogP contribution in [0.2, 0.25) is 0 Å². The summed E-state index contributed by atoms with van der Waals surface area (Å²) in [5.41, 5.74) is -0.523. The van der Waals surface area contributed by atoms with Gasteiger partial charge in [-0.1, -0.05) is 27.7 Å². The first kappa shape index (κ1) is 22.0. The Bertz CT molecular complexity index is 789. The highest BCUT2D eigenvalue weighted by Gasteiger charge is 2.73. The van der Waals surface area contributed by atoms with Gasteiger partial charge in [-0.15, -0.1) is 0 Å². The number of fused-ring (bicyclic) bond motifs is 7. The van der Waals surface area contributed by atoms with Gasteiger partial charge in [0.1, 0.15) is 6.10 Å². The summed E-state index contributed by atoms with van der Waals surface area (Å²) in [4.78, 5) is 14.0. The maximum absolute atomic E-state index is 14.0. The summed E-state index contributed by atoms with van der Waals surface area (Å²) in [6, 6.07) is 0. The zero-order chi connectivity index (χ0) is 22.6. The molecule has 13 atom stereocenters. The van der Waals surface area contributed by atoms with E-state index in [2.05, 4.69) is 27.7 Å². The summed E-state index contributed by atoms with van der Waals surface area (Å²) >= 11 is 0. The van der Waals surface area contributed by atoms with E-state index in [1.165, 1.54) is 0 Å². The molecule has 2 N–H and O–H groups in total. The minimum Gasteiger partial charge on any atom is -0.393 e. The monoisotopic (exact) mass is 446 g/mol. The van der Waals surface area contributed by atoms with E-state index in [0.717, 1.165) is 58.0 Å². The number of aliphatic hydroxyl groups is 2. The molecule has 1 spiro atoms. The third-order valence-electron chi connectivity index (χ3n) is 11.8. The molecule has 6 fully saturated rings. The maximum Gasteiger partial charge on any atom is 0.171 e. The van der Waals surface area contributed by atoms with Crippen LogP contribution in [0.4, 0.5) is 0 Å². The van der Waals surface area contributed by atoms with Gasteiger partial charge in [-0.2, -0.15) is 0 Å².